The smallest absolute Gasteiger partial charge is 0.261 e. The summed E-state index contributed by atoms with van der Waals surface area (Å²) in [5.74, 6) is 0. The molecule has 0 bridgehead atoms. The molecule has 0 spiro atoms. The van der Waals surface area contributed by atoms with Crippen LogP contribution in [0.5, 0.6) is 0 Å². The van der Waals surface area contributed by atoms with Crippen LogP contribution in [0, 0.1) is 0 Å². The zero-order chi connectivity index (χ0) is 14.8. The average Bonchev–Trinajstić information content (AvgIpc) is 2.55. The molecule has 0 saturated heterocycles. The summed E-state index contributed by atoms with van der Waals surface area (Å²) in [6, 6.07) is 16.9. The van der Waals surface area contributed by atoms with Gasteiger partial charge in [0.2, 0.25) is 0 Å². The summed E-state index contributed by atoms with van der Waals surface area (Å²) in [5.41, 5.74) is 0.843. The summed E-state index contributed by atoms with van der Waals surface area (Å²) in [7, 11) is 0. The topological polar surface area (TPSA) is 114 Å². The van der Waals surface area contributed by atoms with Gasteiger partial charge in [0.1, 0.15) is 0 Å². The summed E-state index contributed by atoms with van der Waals surface area (Å²) >= 11 is 0. The molecule has 115 valence electrons. The number of anilines is 2. The Morgan fingerprint density at radius 2 is 0.952 bits per heavy atom. The van der Waals surface area contributed by atoms with Gasteiger partial charge >= 0.3 is 0 Å². The predicted molar refractivity (Wildman–Crippen MR) is 70.1 cm³/mol. The van der Waals surface area contributed by atoms with Gasteiger partial charge in [-0.25, -0.2) is 0 Å². The zero-order valence-electron chi connectivity index (χ0n) is 10.7. The van der Waals surface area contributed by atoms with Gasteiger partial charge in [0, 0.05) is 17.1 Å². The van der Waals surface area contributed by atoms with Crippen molar-refractivity contribution in [2.24, 2.45) is 10.6 Å². The van der Waals surface area contributed by atoms with Crippen molar-refractivity contribution in [3.8, 4) is 0 Å². The Labute approximate surface area is 130 Å². The van der Waals surface area contributed by atoms with Crippen LogP contribution in [0.4, 0.5) is 11.4 Å². The van der Waals surface area contributed by atoms with E-state index in [9.17, 15) is 0 Å². The fourth-order valence-corrected chi connectivity index (χ4v) is 1.23. The van der Waals surface area contributed by atoms with Crippen molar-refractivity contribution >= 4 is 11.4 Å². The molecule has 0 aliphatic rings. The van der Waals surface area contributed by atoms with Crippen LogP contribution >= 0.6 is 0 Å². The van der Waals surface area contributed by atoms with E-state index in [0.29, 0.717) is 21.7 Å². The Kier molecular flexibility index (Phi) is 9.31. The van der Waals surface area contributed by atoms with Crippen LogP contribution in [0.3, 0.4) is 0 Å². The third-order valence-corrected chi connectivity index (χ3v) is 2.14. The van der Waals surface area contributed by atoms with Gasteiger partial charge in [0.25, 0.3) is 10.6 Å². The van der Waals surface area contributed by atoms with Crippen molar-refractivity contribution < 1.29 is 37.3 Å². The Bertz CT molecular complexity index is 480. The van der Waals surface area contributed by atoms with E-state index >= 15 is 0 Å². The molecule has 21 heavy (non-hydrogen) atoms. The summed E-state index contributed by atoms with van der Waals surface area (Å²) in [5, 5.41) is 23.4. The Morgan fingerprint density at radius 1 is 0.667 bits per heavy atom. The Hall–Kier alpha value is -2.32. The molecule has 0 amide bonds. The molecule has 0 saturated carbocycles. The fraction of sp³-hybridized carbons (Fsp3) is 0. The second kappa shape index (κ2) is 10.5. The third-order valence-electron chi connectivity index (χ3n) is 2.14. The molecule has 0 aromatic heterocycles. The van der Waals surface area contributed by atoms with Crippen LogP contribution in [0.25, 0.3) is 0 Å². The van der Waals surface area contributed by atoms with Crippen LogP contribution in [0.2, 0.25) is 0 Å². The average molecular weight is 342 g/mol. The van der Waals surface area contributed by atoms with Crippen LogP contribution in [0.15, 0.2) is 71.2 Å². The molecule has 4 N–H and O–H groups in total. The number of hydrogen-bond acceptors (Lipinski definition) is 4. The van der Waals surface area contributed by atoms with Gasteiger partial charge in [0.05, 0.1) is 11.4 Å². The number of para-hydroxylation sites is 2. The molecule has 0 aliphatic carbocycles. The molecule has 2 rings (SSSR count). The zero-order valence-corrected chi connectivity index (χ0v) is 11.6. The number of nitroso groups, excluding NO2 is 2. The first kappa shape index (κ1) is 18.7. The van der Waals surface area contributed by atoms with Crippen LogP contribution < -0.4 is 10.3 Å². The first-order valence-electron chi connectivity index (χ1n) is 5.47. The van der Waals surface area contributed by atoms with E-state index in [0.717, 1.165) is 0 Å². The Morgan fingerprint density at radius 3 is 1.19 bits per heavy atom. The van der Waals surface area contributed by atoms with E-state index in [4.69, 9.17) is 20.2 Å². The van der Waals surface area contributed by atoms with E-state index in [-0.39, 0.29) is 17.1 Å². The molecule has 2 aromatic rings. The van der Waals surface area contributed by atoms with E-state index < -0.39 is 0 Å². The van der Waals surface area contributed by atoms with E-state index in [1.54, 1.807) is 60.7 Å². The first-order chi connectivity index (χ1) is 9.69. The van der Waals surface area contributed by atoms with Crippen molar-refractivity contribution in [3.63, 3.8) is 0 Å². The maximum atomic E-state index is 8.75. The molecule has 0 fully saturated rings. The summed E-state index contributed by atoms with van der Waals surface area (Å²) in [4.78, 5) is 16.2. The summed E-state index contributed by atoms with van der Waals surface area (Å²) in [6.45, 7) is 0. The quantitative estimate of drug-likeness (QED) is 0.505. The van der Waals surface area contributed by atoms with E-state index in [2.05, 4.69) is 10.6 Å². The van der Waals surface area contributed by atoms with Crippen molar-refractivity contribution in [2.45, 2.75) is 0 Å². The van der Waals surface area contributed by atoms with Crippen molar-refractivity contribution in [3.05, 3.63) is 60.7 Å². The minimum absolute atomic E-state index is 0. The van der Waals surface area contributed by atoms with Gasteiger partial charge in [-0.05, 0) is 24.3 Å². The van der Waals surface area contributed by atoms with Crippen LogP contribution in [-0.4, -0.2) is 20.2 Å². The molecule has 1 radical (unpaired) electrons. The van der Waals surface area contributed by atoms with Crippen molar-refractivity contribution in [2.75, 3.05) is 10.3 Å². The number of rotatable bonds is 4. The molecule has 0 aliphatic heterocycles. The SMILES string of the molecule is ON(N=[OH+])c1ccccc1.ON(N=[OH+])c1ccccc1.[Cu]. The second-order valence-corrected chi connectivity index (χ2v) is 3.43. The molecular weight excluding hydrogens is 328 g/mol. The second-order valence-electron chi connectivity index (χ2n) is 3.43. The molecular formula is C12H14CuN4O4+2. The van der Waals surface area contributed by atoms with Crippen molar-refractivity contribution in [1.29, 1.82) is 0 Å². The monoisotopic (exact) mass is 341 g/mol. The van der Waals surface area contributed by atoms with Gasteiger partial charge in [-0.1, -0.05) is 46.7 Å². The van der Waals surface area contributed by atoms with E-state index in [1.807, 2.05) is 0 Å². The largest absolute Gasteiger partial charge is 0.278 e. The minimum Gasteiger partial charge on any atom is -0.261 e. The maximum absolute atomic E-state index is 8.75. The Balaban J connectivity index is 0.000000364. The van der Waals surface area contributed by atoms with Crippen LogP contribution in [0.1, 0.15) is 0 Å². The van der Waals surface area contributed by atoms with Gasteiger partial charge in [-0.2, -0.15) is 0 Å². The predicted octanol–water partition coefficient (Wildman–Crippen LogP) is 2.70. The minimum atomic E-state index is 0. The van der Waals surface area contributed by atoms with Crippen LogP contribution in [-0.2, 0) is 17.1 Å². The number of benzene rings is 2. The van der Waals surface area contributed by atoms with Gasteiger partial charge in [-0.3, -0.25) is 10.4 Å². The summed E-state index contributed by atoms with van der Waals surface area (Å²) in [6.07, 6.45) is 0. The molecule has 8 nitrogen and oxygen atoms in total. The van der Waals surface area contributed by atoms with E-state index in [1.165, 1.54) is 0 Å². The molecule has 0 heterocycles. The van der Waals surface area contributed by atoms with Gasteiger partial charge < -0.3 is 0 Å². The fourth-order valence-electron chi connectivity index (χ4n) is 1.23. The van der Waals surface area contributed by atoms with Gasteiger partial charge in [0.15, 0.2) is 0 Å². The number of hydrogen-bond donors (Lipinski definition) is 2. The molecule has 0 unspecified atom stereocenters. The molecule has 2 aromatic carbocycles. The molecule has 0 atom stereocenters. The standard InChI is InChI=1S/2C6H6N2O2.Cu/c2*9-7-8(10)6-4-2-1-3-5-6;/h2*1-5,10H;/p+2. The summed E-state index contributed by atoms with van der Waals surface area (Å²) < 4.78 is 0. The maximum Gasteiger partial charge on any atom is 0.278 e. The van der Waals surface area contributed by atoms with Crippen molar-refractivity contribution in [1.82, 2.24) is 0 Å². The van der Waals surface area contributed by atoms with Gasteiger partial charge in [-0.15, -0.1) is 9.81 Å². The normalized spacial score (nSPS) is 8.48. The molecule has 9 heteroatoms. The first-order valence-corrected chi connectivity index (χ1v) is 5.47. The number of nitrogens with zero attached hydrogens (tertiary/aromatic N) is 4. The third kappa shape index (κ3) is 6.59.